The van der Waals surface area contributed by atoms with Crippen LogP contribution >= 0.6 is 23.8 Å². The Morgan fingerprint density at radius 3 is 2.78 bits per heavy atom. The highest BCUT2D eigenvalue weighted by Crippen LogP contribution is 1.77. The number of nitrogens with one attached hydrogen (secondary N) is 1. The molecule has 3 N–H and O–H groups in total. The number of thiocarbonyl (C=S) groups is 1. The Balaban J connectivity index is 3.28. The van der Waals surface area contributed by atoms with E-state index in [4.69, 9.17) is 17.3 Å². The summed E-state index contributed by atoms with van der Waals surface area (Å²) in [6.45, 7) is 0. The molecule has 0 rings (SSSR count). The summed E-state index contributed by atoms with van der Waals surface area (Å²) in [5.41, 5.74) is 6.87. The molecule has 0 aliphatic carbocycles. The molecule has 0 saturated heterocycles. The zero-order valence-corrected chi connectivity index (χ0v) is 5.96. The molecule has 0 heterocycles. The van der Waals surface area contributed by atoms with Crippen molar-refractivity contribution in [2.24, 2.45) is 5.73 Å². The molecule has 0 aromatic heterocycles. The fourth-order valence-electron chi connectivity index (χ4n) is 0.134. The molecule has 6 heteroatoms. The number of carbonyl (C=O) groups is 1. The molecule has 52 valence electrons. The Morgan fingerprint density at radius 2 is 2.44 bits per heavy atom. The number of alkyl halides is 1. The first-order valence-corrected chi connectivity index (χ1v) is 2.92. The van der Waals surface area contributed by atoms with Crippen molar-refractivity contribution >= 4 is 34.9 Å². The lowest BCUT2D eigenvalue weighted by molar-refractivity contribution is -0.144. The number of nitrogens with two attached hydrogens (primary N) is 1. The third kappa shape index (κ3) is 5.32. The minimum absolute atomic E-state index is 0.103. The van der Waals surface area contributed by atoms with Crippen LogP contribution in [0.5, 0.6) is 0 Å². The van der Waals surface area contributed by atoms with Crippen LogP contribution in [0.2, 0.25) is 0 Å². The molecule has 0 bridgehead atoms. The van der Waals surface area contributed by atoms with Gasteiger partial charge in [-0.2, -0.15) is 5.48 Å². The number of hydrogen-bond donors (Lipinski definition) is 2. The quantitative estimate of drug-likeness (QED) is 0.315. The molecule has 0 unspecified atom stereocenters. The molecule has 0 spiro atoms. The lowest BCUT2D eigenvalue weighted by Crippen LogP contribution is -2.31. The molecule has 0 aliphatic rings. The minimum atomic E-state index is -0.621. The molecular weight excluding hydrogens is 164 g/mol. The summed E-state index contributed by atoms with van der Waals surface area (Å²) >= 11 is 9.35. The third-order valence-electron chi connectivity index (χ3n) is 0.375. The largest absolute Gasteiger partial charge is 0.374 e. The SMILES string of the molecule is NC(=S)NOC(=O)CCl. The van der Waals surface area contributed by atoms with Gasteiger partial charge in [0.2, 0.25) is 0 Å². The second-order valence-corrected chi connectivity index (χ2v) is 1.78. The van der Waals surface area contributed by atoms with Gasteiger partial charge < -0.3 is 10.6 Å². The van der Waals surface area contributed by atoms with Gasteiger partial charge in [-0.25, -0.2) is 4.79 Å². The van der Waals surface area contributed by atoms with Gasteiger partial charge in [-0.1, -0.05) is 0 Å². The second-order valence-electron chi connectivity index (χ2n) is 1.07. The van der Waals surface area contributed by atoms with Crippen LogP contribution in [0.25, 0.3) is 0 Å². The fraction of sp³-hybridized carbons (Fsp3) is 0.333. The smallest absolute Gasteiger partial charge is 0.346 e. The first kappa shape index (κ1) is 8.45. The van der Waals surface area contributed by atoms with Crippen molar-refractivity contribution in [2.45, 2.75) is 0 Å². The summed E-state index contributed by atoms with van der Waals surface area (Å²) < 4.78 is 0. The van der Waals surface area contributed by atoms with E-state index in [2.05, 4.69) is 17.1 Å². The topological polar surface area (TPSA) is 64.3 Å². The average Bonchev–Trinajstić information content (AvgIpc) is 1.83. The fourth-order valence-corrected chi connectivity index (χ4v) is 0.231. The van der Waals surface area contributed by atoms with Crippen molar-refractivity contribution in [1.29, 1.82) is 0 Å². The highest BCUT2D eigenvalue weighted by Gasteiger charge is 1.97. The summed E-state index contributed by atoms with van der Waals surface area (Å²) in [5, 5.41) is -0.103. The maximum Gasteiger partial charge on any atom is 0.346 e. The van der Waals surface area contributed by atoms with Crippen molar-refractivity contribution in [2.75, 3.05) is 5.88 Å². The molecule has 0 fully saturated rings. The van der Waals surface area contributed by atoms with Crippen LogP contribution in [0.4, 0.5) is 0 Å². The Hall–Kier alpha value is -0.550. The Labute approximate surface area is 62.3 Å². The van der Waals surface area contributed by atoms with Gasteiger partial charge in [0.25, 0.3) is 0 Å². The number of carbonyl (C=O) groups excluding carboxylic acids is 1. The maximum absolute atomic E-state index is 10.2. The van der Waals surface area contributed by atoms with Crippen LogP contribution in [0.1, 0.15) is 0 Å². The highest BCUT2D eigenvalue weighted by molar-refractivity contribution is 7.80. The average molecular weight is 169 g/mol. The van der Waals surface area contributed by atoms with Crippen molar-refractivity contribution in [1.82, 2.24) is 5.48 Å². The van der Waals surface area contributed by atoms with E-state index in [0.29, 0.717) is 0 Å². The van der Waals surface area contributed by atoms with Crippen LogP contribution < -0.4 is 11.2 Å². The maximum atomic E-state index is 10.2. The van der Waals surface area contributed by atoms with Crippen LogP contribution in [-0.2, 0) is 9.63 Å². The molecule has 4 nitrogen and oxygen atoms in total. The first-order chi connectivity index (χ1) is 4.16. The molecule has 0 aromatic rings. The van der Waals surface area contributed by atoms with Gasteiger partial charge in [0.1, 0.15) is 5.88 Å². The summed E-state index contributed by atoms with van der Waals surface area (Å²) in [6.07, 6.45) is 0. The second kappa shape index (κ2) is 4.34. The van der Waals surface area contributed by atoms with E-state index in [1.807, 2.05) is 5.48 Å². The third-order valence-corrected chi connectivity index (χ3v) is 0.676. The van der Waals surface area contributed by atoms with E-state index in [-0.39, 0.29) is 11.0 Å². The van der Waals surface area contributed by atoms with Crippen molar-refractivity contribution in [3.8, 4) is 0 Å². The molecule has 0 aliphatic heterocycles. The molecule has 0 radical (unpaired) electrons. The number of rotatable bonds is 1. The van der Waals surface area contributed by atoms with Crippen molar-refractivity contribution in [3.05, 3.63) is 0 Å². The lowest BCUT2D eigenvalue weighted by atomic mass is 10.8. The zero-order valence-electron chi connectivity index (χ0n) is 4.39. The Kier molecular flexibility index (Phi) is 4.08. The summed E-state index contributed by atoms with van der Waals surface area (Å²) in [5.74, 6) is -0.847. The summed E-state index contributed by atoms with van der Waals surface area (Å²) in [6, 6.07) is 0. The summed E-state index contributed by atoms with van der Waals surface area (Å²) in [4.78, 5) is 14.3. The van der Waals surface area contributed by atoms with Crippen molar-refractivity contribution in [3.63, 3.8) is 0 Å². The molecule has 0 atom stereocenters. The summed E-state index contributed by atoms with van der Waals surface area (Å²) in [7, 11) is 0. The normalized spacial score (nSPS) is 8.11. The zero-order chi connectivity index (χ0) is 7.28. The standard InChI is InChI=1S/C3H5ClN2O2S/c4-1-2(7)8-6-3(5)9/h1H2,(H3,5,6,9). The Bertz CT molecular complexity index is 129. The van der Waals surface area contributed by atoms with E-state index in [9.17, 15) is 4.79 Å². The van der Waals surface area contributed by atoms with Gasteiger partial charge in [0.05, 0.1) is 0 Å². The lowest BCUT2D eigenvalue weighted by Gasteiger charge is -2.00. The monoisotopic (exact) mass is 168 g/mol. The van der Waals surface area contributed by atoms with Crippen LogP contribution in [0.3, 0.4) is 0 Å². The number of halogens is 1. The van der Waals surface area contributed by atoms with Gasteiger partial charge in [-0.15, -0.1) is 11.6 Å². The van der Waals surface area contributed by atoms with Crippen LogP contribution in [0.15, 0.2) is 0 Å². The van der Waals surface area contributed by atoms with Crippen LogP contribution in [-0.4, -0.2) is 17.0 Å². The molecule has 0 aromatic carbocycles. The number of hydrogen-bond acceptors (Lipinski definition) is 3. The predicted molar refractivity (Wildman–Crippen MR) is 36.7 cm³/mol. The van der Waals surface area contributed by atoms with Gasteiger partial charge in [0, 0.05) is 0 Å². The van der Waals surface area contributed by atoms with Gasteiger partial charge in [0.15, 0.2) is 5.11 Å². The van der Waals surface area contributed by atoms with Gasteiger partial charge in [-0.3, -0.25) is 0 Å². The van der Waals surface area contributed by atoms with Crippen LogP contribution in [0, 0.1) is 0 Å². The van der Waals surface area contributed by atoms with E-state index in [1.54, 1.807) is 0 Å². The molecular formula is C3H5ClN2O2S. The molecule has 9 heavy (non-hydrogen) atoms. The van der Waals surface area contributed by atoms with E-state index in [1.165, 1.54) is 0 Å². The van der Waals surface area contributed by atoms with E-state index in [0.717, 1.165) is 0 Å². The molecule has 0 amide bonds. The van der Waals surface area contributed by atoms with Gasteiger partial charge >= 0.3 is 5.97 Å². The highest BCUT2D eigenvalue weighted by atomic mass is 35.5. The van der Waals surface area contributed by atoms with E-state index >= 15 is 0 Å². The molecule has 0 saturated carbocycles. The Morgan fingerprint density at radius 1 is 1.89 bits per heavy atom. The predicted octanol–water partition coefficient (Wildman–Crippen LogP) is -0.483. The van der Waals surface area contributed by atoms with Gasteiger partial charge in [-0.05, 0) is 12.2 Å². The van der Waals surface area contributed by atoms with Crippen molar-refractivity contribution < 1.29 is 9.63 Å². The number of hydroxylamine groups is 1. The first-order valence-electron chi connectivity index (χ1n) is 1.98. The van der Waals surface area contributed by atoms with E-state index < -0.39 is 5.97 Å². The minimum Gasteiger partial charge on any atom is -0.374 e.